The molecular weight excluding hydrogens is 539 g/mol. The summed E-state index contributed by atoms with van der Waals surface area (Å²) >= 11 is 13.5. The molecule has 4 heterocycles. The molecule has 39 heavy (non-hydrogen) atoms. The number of fused-ring (bicyclic) bond motifs is 1. The Morgan fingerprint density at radius 1 is 1.03 bits per heavy atom. The summed E-state index contributed by atoms with van der Waals surface area (Å²) in [6, 6.07) is 3.75. The molecule has 2 aliphatic heterocycles. The van der Waals surface area contributed by atoms with Gasteiger partial charge in [-0.2, -0.15) is 0 Å². The number of unbranched alkanes of at least 4 members (excludes halogenated alkanes) is 1. The molecule has 0 bridgehead atoms. The molecule has 1 atom stereocenters. The molecule has 11 heteroatoms. The summed E-state index contributed by atoms with van der Waals surface area (Å²) in [6.45, 7) is 5.78. The third-order valence-corrected chi connectivity index (χ3v) is 8.03. The van der Waals surface area contributed by atoms with E-state index in [9.17, 15) is 0 Å². The highest BCUT2D eigenvalue weighted by Crippen LogP contribution is 2.46. The first-order valence-electron chi connectivity index (χ1n) is 13.7. The lowest BCUT2D eigenvalue weighted by atomic mass is 10.1. The molecule has 0 saturated carbocycles. The number of anilines is 2. The molecule has 5 rings (SSSR count). The Hall–Kier alpha value is -2.59. The lowest BCUT2D eigenvalue weighted by Gasteiger charge is -2.23. The van der Waals surface area contributed by atoms with Gasteiger partial charge in [0, 0.05) is 36.4 Å². The lowest BCUT2D eigenvalue weighted by molar-refractivity contribution is 0.0874. The van der Waals surface area contributed by atoms with Gasteiger partial charge in [0.1, 0.15) is 17.0 Å². The second-order valence-electron chi connectivity index (χ2n) is 10.0. The fourth-order valence-electron chi connectivity index (χ4n) is 5.18. The Morgan fingerprint density at radius 2 is 1.79 bits per heavy atom. The van der Waals surface area contributed by atoms with Gasteiger partial charge < -0.3 is 29.7 Å². The van der Waals surface area contributed by atoms with Gasteiger partial charge >= 0.3 is 0 Å². The third kappa shape index (κ3) is 6.60. The summed E-state index contributed by atoms with van der Waals surface area (Å²) in [5.74, 6) is 2.13. The lowest BCUT2D eigenvalue weighted by Crippen LogP contribution is -2.30. The predicted molar refractivity (Wildman–Crippen MR) is 157 cm³/mol. The van der Waals surface area contributed by atoms with Gasteiger partial charge in [-0.05, 0) is 64.2 Å². The number of halogens is 2. The van der Waals surface area contributed by atoms with Crippen LogP contribution in [-0.2, 0) is 4.74 Å². The minimum Gasteiger partial charge on any atom is -0.495 e. The van der Waals surface area contributed by atoms with E-state index in [1.54, 1.807) is 26.5 Å². The SMILES string of the molecule is COc1cc(OC)c(Cl)c(-c2cc3cnc(NC4CCCOC4)nc3c(NCCCCN3CCCC3)n2)c1Cl. The Kier molecular flexibility index (Phi) is 9.45. The highest BCUT2D eigenvalue weighted by molar-refractivity contribution is 6.41. The second kappa shape index (κ2) is 13.2. The number of methoxy groups -OCH3 is 2. The molecule has 2 fully saturated rings. The van der Waals surface area contributed by atoms with Crippen LogP contribution in [0.4, 0.5) is 11.8 Å². The standard InChI is InChI=1S/C28H36Cl2N6O3/c1-37-21-15-22(38-2)25(30)23(24(21)29)20-14-18-16-32-28(33-19-8-7-13-39-17-19)35-26(18)27(34-20)31-9-3-4-10-36-11-5-6-12-36/h14-16,19H,3-13,17H2,1-2H3,(H,31,34)(H,32,33,35). The quantitative estimate of drug-likeness (QED) is 0.271. The van der Waals surface area contributed by atoms with E-state index in [1.165, 1.54) is 25.9 Å². The van der Waals surface area contributed by atoms with Crippen LogP contribution in [0.2, 0.25) is 10.0 Å². The Labute approximate surface area is 239 Å². The number of hydrogen-bond donors (Lipinski definition) is 2. The van der Waals surface area contributed by atoms with Crippen LogP contribution in [0.3, 0.4) is 0 Å². The third-order valence-electron chi connectivity index (χ3n) is 7.28. The van der Waals surface area contributed by atoms with Gasteiger partial charge in [0.25, 0.3) is 0 Å². The molecule has 1 unspecified atom stereocenters. The van der Waals surface area contributed by atoms with Gasteiger partial charge in [-0.25, -0.2) is 15.0 Å². The molecule has 2 aliphatic rings. The van der Waals surface area contributed by atoms with Gasteiger partial charge in [-0.3, -0.25) is 0 Å². The van der Waals surface area contributed by atoms with Crippen LogP contribution < -0.4 is 20.1 Å². The number of aromatic nitrogens is 3. The van der Waals surface area contributed by atoms with E-state index in [2.05, 4.69) is 20.5 Å². The minimum atomic E-state index is 0.187. The normalized spacial score (nSPS) is 17.9. The summed E-state index contributed by atoms with van der Waals surface area (Å²) in [7, 11) is 3.11. The first-order valence-corrected chi connectivity index (χ1v) is 14.4. The molecule has 0 amide bonds. The highest BCUT2D eigenvalue weighted by atomic mass is 35.5. The summed E-state index contributed by atoms with van der Waals surface area (Å²) < 4.78 is 16.6. The molecular formula is C28H36Cl2N6O3. The van der Waals surface area contributed by atoms with Crippen molar-refractivity contribution in [3.05, 3.63) is 28.4 Å². The van der Waals surface area contributed by atoms with E-state index in [4.69, 9.17) is 47.4 Å². The number of nitrogens with one attached hydrogen (secondary N) is 2. The van der Waals surface area contributed by atoms with Crippen LogP contribution in [0.1, 0.15) is 38.5 Å². The summed E-state index contributed by atoms with van der Waals surface area (Å²) in [4.78, 5) is 16.9. The number of ether oxygens (including phenoxy) is 3. The van der Waals surface area contributed by atoms with E-state index in [1.807, 2.05) is 6.07 Å². The molecule has 0 radical (unpaired) electrons. The average molecular weight is 576 g/mol. The maximum Gasteiger partial charge on any atom is 0.223 e. The summed E-state index contributed by atoms with van der Waals surface area (Å²) in [5, 5.41) is 8.49. The molecule has 9 nitrogen and oxygen atoms in total. The largest absolute Gasteiger partial charge is 0.495 e. The van der Waals surface area contributed by atoms with Crippen LogP contribution >= 0.6 is 23.2 Å². The number of pyridine rings is 1. The zero-order valence-electron chi connectivity index (χ0n) is 22.6. The minimum absolute atomic E-state index is 0.187. The Morgan fingerprint density at radius 3 is 2.49 bits per heavy atom. The smallest absolute Gasteiger partial charge is 0.223 e. The zero-order valence-corrected chi connectivity index (χ0v) is 24.1. The molecule has 2 saturated heterocycles. The zero-order chi connectivity index (χ0) is 27.2. The van der Waals surface area contributed by atoms with Crippen molar-refractivity contribution in [2.24, 2.45) is 0 Å². The van der Waals surface area contributed by atoms with Gasteiger partial charge in [-0.1, -0.05) is 23.2 Å². The van der Waals surface area contributed by atoms with Crippen molar-refractivity contribution in [2.45, 2.75) is 44.6 Å². The van der Waals surface area contributed by atoms with E-state index in [-0.39, 0.29) is 6.04 Å². The predicted octanol–water partition coefficient (Wildman–Crippen LogP) is 5.89. The Balaban J connectivity index is 1.46. The van der Waals surface area contributed by atoms with E-state index < -0.39 is 0 Å². The van der Waals surface area contributed by atoms with E-state index in [0.717, 1.165) is 56.3 Å². The first-order chi connectivity index (χ1) is 19.1. The van der Waals surface area contributed by atoms with Crippen LogP contribution in [-0.4, -0.2) is 79.5 Å². The van der Waals surface area contributed by atoms with Crippen LogP contribution in [0.5, 0.6) is 11.5 Å². The van der Waals surface area contributed by atoms with E-state index >= 15 is 0 Å². The number of nitrogens with zero attached hydrogens (tertiary/aromatic N) is 4. The summed E-state index contributed by atoms with van der Waals surface area (Å²) in [5.41, 5.74) is 1.85. The van der Waals surface area contributed by atoms with Crippen molar-refractivity contribution >= 4 is 45.9 Å². The molecule has 1 aromatic carbocycles. The topological polar surface area (TPSA) is 93.7 Å². The van der Waals surface area contributed by atoms with Crippen molar-refractivity contribution in [3.63, 3.8) is 0 Å². The molecule has 3 aromatic rings. The van der Waals surface area contributed by atoms with Crippen LogP contribution in [0.15, 0.2) is 18.3 Å². The first kappa shape index (κ1) is 28.0. The van der Waals surface area contributed by atoms with Gasteiger partial charge in [0.2, 0.25) is 5.95 Å². The maximum atomic E-state index is 6.74. The molecule has 0 aliphatic carbocycles. The molecule has 2 aromatic heterocycles. The second-order valence-corrected chi connectivity index (χ2v) is 10.8. The molecule has 0 spiro atoms. The number of rotatable bonds is 11. The molecule has 2 N–H and O–H groups in total. The van der Waals surface area contributed by atoms with Crippen molar-refractivity contribution < 1.29 is 14.2 Å². The number of hydrogen-bond acceptors (Lipinski definition) is 9. The van der Waals surface area contributed by atoms with Crippen LogP contribution in [0.25, 0.3) is 22.2 Å². The highest BCUT2D eigenvalue weighted by Gasteiger charge is 2.22. The number of likely N-dealkylation sites (tertiary alicyclic amines) is 1. The number of benzene rings is 1. The van der Waals surface area contributed by atoms with Gasteiger partial charge in [0.15, 0.2) is 5.82 Å². The monoisotopic (exact) mass is 574 g/mol. The van der Waals surface area contributed by atoms with E-state index in [0.29, 0.717) is 51.2 Å². The molecule has 210 valence electrons. The average Bonchev–Trinajstić information content (AvgIpc) is 3.47. The van der Waals surface area contributed by atoms with Crippen molar-refractivity contribution in [1.82, 2.24) is 19.9 Å². The van der Waals surface area contributed by atoms with Crippen LogP contribution in [0, 0.1) is 0 Å². The van der Waals surface area contributed by atoms with Gasteiger partial charge in [0.05, 0.1) is 42.6 Å². The Bertz CT molecular complexity index is 1250. The van der Waals surface area contributed by atoms with Crippen molar-refractivity contribution in [1.29, 1.82) is 0 Å². The fourth-order valence-corrected chi connectivity index (χ4v) is 5.88. The summed E-state index contributed by atoms with van der Waals surface area (Å²) in [6.07, 6.45) is 8.61. The van der Waals surface area contributed by atoms with Gasteiger partial charge in [-0.15, -0.1) is 0 Å². The van der Waals surface area contributed by atoms with Crippen molar-refractivity contribution in [3.8, 4) is 22.8 Å². The fraction of sp³-hybridized carbons (Fsp3) is 0.536. The van der Waals surface area contributed by atoms with Crippen molar-refractivity contribution in [2.75, 3.05) is 64.2 Å². The maximum absolute atomic E-state index is 6.74.